The fourth-order valence-electron chi connectivity index (χ4n) is 8.80. The van der Waals surface area contributed by atoms with Crippen molar-refractivity contribution in [1.29, 1.82) is 0 Å². The molecule has 0 saturated heterocycles. The van der Waals surface area contributed by atoms with E-state index in [9.17, 15) is 66.1 Å². The Morgan fingerprint density at radius 2 is 1.58 bits per heavy atom. The summed E-state index contributed by atoms with van der Waals surface area (Å²) in [6.07, 6.45) is -12.3. The van der Waals surface area contributed by atoms with E-state index in [1.807, 2.05) is 0 Å². The molecule has 1 unspecified atom stereocenters. The number of halogens is 11. The monoisotopic (exact) mass is 1170 g/mol. The van der Waals surface area contributed by atoms with E-state index < -0.39 is 169 Å². The number of benzene rings is 2. The van der Waals surface area contributed by atoms with Gasteiger partial charge in [-0.1, -0.05) is 23.7 Å². The van der Waals surface area contributed by atoms with Crippen molar-refractivity contribution in [3.8, 4) is 11.1 Å². The summed E-state index contributed by atoms with van der Waals surface area (Å²) in [5.41, 5.74) is -5.55. The van der Waals surface area contributed by atoms with Gasteiger partial charge in [-0.05, 0) is 88.1 Å². The molecule has 3 N–H and O–H groups in total. The number of phosphoric acid groups is 1. The number of hydrogen-bond donors (Lipinski definition) is 3. The molecular formula is C44H45ClF10N7O11PS2. The molecule has 3 atom stereocenters. The maximum atomic E-state index is 15.6. The number of sulfone groups is 1. The largest absolute Gasteiger partial charge is 0.469 e. The number of carbonyl (C=O) groups excluding carboxylic acids is 2. The van der Waals surface area contributed by atoms with E-state index in [1.165, 1.54) is 26.0 Å². The molecule has 2 aromatic carbocycles. The summed E-state index contributed by atoms with van der Waals surface area (Å²) in [5, 5.41) is 8.54. The van der Waals surface area contributed by atoms with Gasteiger partial charge in [0.15, 0.2) is 21.3 Å². The number of aryl methyl sites for hydroxylation is 1. The van der Waals surface area contributed by atoms with Crippen molar-refractivity contribution >= 4 is 68.0 Å². The molecule has 416 valence electrons. The number of nitrogens with zero attached hydrogens (tertiary/aromatic N) is 6. The minimum atomic E-state index is -5.23. The number of ether oxygens (including phenoxy) is 1. The SMILES string of the molecule is CC(C)(CCc1ccc(-c2ccc(Cl)c3c(N(C(=O)OCCCCOP(=O)(O)O)S(C)(=O)=O)nn(CC(F)(F)F)c23)c([C@H](Cc2cc(F)cc(F)c2)NC(=O)Cn2nc(C(F)(F)F)c3c2C(F)(F)C2C[C@H]32)n1)S(C)(=O)=O. The fraction of sp³-hybridized carbons (Fsp3) is 0.477. The van der Waals surface area contributed by atoms with E-state index in [2.05, 4.69) is 25.0 Å². The highest BCUT2D eigenvalue weighted by molar-refractivity contribution is 7.92. The maximum absolute atomic E-state index is 15.6. The number of carbonyl (C=O) groups is 2. The Morgan fingerprint density at radius 1 is 0.947 bits per heavy atom. The van der Waals surface area contributed by atoms with Crippen LogP contribution in [0.15, 0.2) is 42.5 Å². The van der Waals surface area contributed by atoms with E-state index in [0.717, 1.165) is 30.5 Å². The average Bonchev–Trinajstić information content (AvgIpc) is 3.77. The molecule has 0 aliphatic heterocycles. The maximum Gasteiger partial charge on any atom is 0.469 e. The van der Waals surface area contributed by atoms with Crippen molar-refractivity contribution in [2.45, 2.75) is 100 Å². The third-order valence-electron chi connectivity index (χ3n) is 12.6. The normalized spacial score (nSPS) is 17.1. The molecule has 7 rings (SSSR count). The molecule has 0 bridgehead atoms. The van der Waals surface area contributed by atoms with Gasteiger partial charge in [0.1, 0.15) is 30.4 Å². The summed E-state index contributed by atoms with van der Waals surface area (Å²) >= 11 is 6.63. The molecule has 18 nitrogen and oxygen atoms in total. The molecule has 2 aliphatic rings. The number of aromatic nitrogens is 5. The van der Waals surface area contributed by atoms with Gasteiger partial charge in [0.25, 0.3) is 5.92 Å². The highest BCUT2D eigenvalue weighted by Gasteiger charge is 2.68. The minimum Gasteiger partial charge on any atom is -0.448 e. The van der Waals surface area contributed by atoms with Gasteiger partial charge < -0.3 is 19.8 Å². The topological polar surface area (TPSA) is 242 Å². The van der Waals surface area contributed by atoms with Crippen molar-refractivity contribution in [3.05, 3.63) is 93.0 Å². The van der Waals surface area contributed by atoms with Crippen LogP contribution in [0, 0.1) is 17.6 Å². The molecule has 2 aliphatic carbocycles. The molecule has 32 heteroatoms. The number of phosphoric ester groups is 1. The van der Waals surface area contributed by atoms with Crippen LogP contribution in [0.3, 0.4) is 0 Å². The van der Waals surface area contributed by atoms with E-state index >= 15 is 8.78 Å². The second-order valence-electron chi connectivity index (χ2n) is 18.8. The molecule has 1 saturated carbocycles. The zero-order valence-electron chi connectivity index (χ0n) is 40.0. The molecule has 0 spiro atoms. The van der Waals surface area contributed by atoms with Gasteiger partial charge in [-0.2, -0.15) is 49.6 Å². The highest BCUT2D eigenvalue weighted by atomic mass is 35.5. The highest BCUT2D eigenvalue weighted by Crippen LogP contribution is 2.68. The molecule has 0 radical (unpaired) electrons. The Labute approximate surface area is 430 Å². The van der Waals surface area contributed by atoms with Crippen molar-refractivity contribution in [2.24, 2.45) is 5.92 Å². The molecule has 1 fully saturated rings. The van der Waals surface area contributed by atoms with Gasteiger partial charge >= 0.3 is 26.3 Å². The van der Waals surface area contributed by atoms with E-state index in [-0.39, 0.29) is 68.2 Å². The number of sulfonamides is 1. The van der Waals surface area contributed by atoms with Crippen LogP contribution in [0.4, 0.5) is 54.5 Å². The van der Waals surface area contributed by atoms with E-state index in [4.69, 9.17) is 26.1 Å². The number of rotatable bonds is 20. The van der Waals surface area contributed by atoms with Crippen LogP contribution in [0.1, 0.15) is 85.4 Å². The summed E-state index contributed by atoms with van der Waals surface area (Å²) in [6, 6.07) is 4.96. The van der Waals surface area contributed by atoms with Crippen molar-refractivity contribution in [2.75, 3.05) is 30.0 Å². The zero-order valence-corrected chi connectivity index (χ0v) is 43.3. The smallest absolute Gasteiger partial charge is 0.448 e. The average molecular weight is 1170 g/mol. The van der Waals surface area contributed by atoms with Gasteiger partial charge in [0.2, 0.25) is 15.9 Å². The van der Waals surface area contributed by atoms with E-state index in [1.54, 1.807) is 0 Å². The van der Waals surface area contributed by atoms with Gasteiger partial charge in [-0.25, -0.2) is 35.0 Å². The van der Waals surface area contributed by atoms with Crippen LogP contribution in [0.2, 0.25) is 5.02 Å². The Kier molecular flexibility index (Phi) is 15.9. The quantitative estimate of drug-likeness (QED) is 0.0375. The Hall–Kier alpha value is -5.39. The second kappa shape index (κ2) is 20.8. The van der Waals surface area contributed by atoms with Crippen LogP contribution in [-0.4, -0.2) is 99.8 Å². The number of amides is 2. The minimum absolute atomic E-state index is 0.0210. The van der Waals surface area contributed by atoms with Crippen molar-refractivity contribution in [3.63, 3.8) is 0 Å². The van der Waals surface area contributed by atoms with E-state index in [0.29, 0.717) is 12.3 Å². The number of unbranched alkanes of at least 4 members (excludes halogenated alkanes) is 1. The van der Waals surface area contributed by atoms with Gasteiger partial charge in [-0.3, -0.25) is 23.7 Å². The lowest BCUT2D eigenvalue weighted by molar-refractivity contribution is -0.143. The summed E-state index contributed by atoms with van der Waals surface area (Å²) < 4.78 is 219. The van der Waals surface area contributed by atoms with Gasteiger partial charge in [0.05, 0.1) is 51.9 Å². The molecule has 3 heterocycles. The number of alkyl halides is 8. The first-order valence-electron chi connectivity index (χ1n) is 22.5. The molecule has 5 aromatic rings. The Balaban J connectivity index is 1.41. The van der Waals surface area contributed by atoms with Crippen LogP contribution >= 0.6 is 19.4 Å². The summed E-state index contributed by atoms with van der Waals surface area (Å²) in [4.78, 5) is 50.3. The molecule has 76 heavy (non-hydrogen) atoms. The first-order chi connectivity index (χ1) is 34.9. The standard InChI is InChI=1S/C44H45ClF10N7O11PS2/c1-41(2,75(3,68)69)12-11-25-7-8-26(27-9-10-30(45)34-36(27)61(21-42(48,49)50)59-39(34)62(76(4,70)71)40(64)72-13-5-6-14-73-74(65,66)67)35(56-25)31(17-22-15-23(46)18-24(47)16-22)57-32(63)20-60-38-33(37(58-60)44(53,54)55)28-19-29(28)43(38,51)52/h7-10,15-16,18,28-29,31H,5-6,11-14,17,19-21H2,1-4H3,(H,57,63)(H2,65,66,67)/t28-,29?,31-/m0/s1. The Bertz CT molecular complexity index is 3370. The third-order valence-corrected chi connectivity index (χ3v) is 16.7. The van der Waals surface area contributed by atoms with Crippen molar-refractivity contribution in [1.82, 2.24) is 29.9 Å². The summed E-state index contributed by atoms with van der Waals surface area (Å²) in [5.74, 6) is -11.2. The van der Waals surface area contributed by atoms with Crippen LogP contribution in [0.5, 0.6) is 0 Å². The summed E-state index contributed by atoms with van der Waals surface area (Å²) in [6.45, 7) is -1.70. The molecule has 3 aromatic heterocycles. The number of fused-ring (bicyclic) bond motifs is 4. The van der Waals surface area contributed by atoms with Crippen LogP contribution < -0.4 is 9.62 Å². The lowest BCUT2D eigenvalue weighted by Gasteiger charge is -2.25. The van der Waals surface area contributed by atoms with Crippen molar-refractivity contribution < 1.29 is 93.9 Å². The second-order valence-corrected chi connectivity index (χ2v) is 24.9. The first kappa shape index (κ1) is 58.3. The van der Waals surface area contributed by atoms with Crippen LogP contribution in [-0.2, 0) is 76.5 Å². The zero-order chi connectivity index (χ0) is 56.5. The number of nitrogens with one attached hydrogen (secondary N) is 1. The first-order valence-corrected chi connectivity index (χ1v) is 28.2. The number of pyridine rings is 1. The fourth-order valence-corrected chi connectivity index (χ4v) is 10.6. The predicted molar refractivity (Wildman–Crippen MR) is 250 cm³/mol. The third kappa shape index (κ3) is 12.8. The van der Waals surface area contributed by atoms with Gasteiger partial charge in [-0.15, -0.1) is 0 Å². The number of hydrogen-bond acceptors (Lipinski definition) is 12. The lowest BCUT2D eigenvalue weighted by Crippen LogP contribution is -2.37. The van der Waals surface area contributed by atoms with Crippen LogP contribution in [0.25, 0.3) is 22.0 Å². The van der Waals surface area contributed by atoms with Gasteiger partial charge in [0, 0.05) is 40.6 Å². The summed E-state index contributed by atoms with van der Waals surface area (Å²) in [7, 11) is -13.6. The molecule has 2 amide bonds. The Morgan fingerprint density at radius 3 is 2.17 bits per heavy atom. The lowest BCUT2D eigenvalue weighted by atomic mass is 9.93. The number of anilines is 1. The predicted octanol–water partition coefficient (Wildman–Crippen LogP) is 8.66. The molecular weight excluding hydrogens is 1120 g/mol.